The van der Waals surface area contributed by atoms with E-state index in [1.165, 1.54) is 0 Å². The van der Waals surface area contributed by atoms with E-state index in [0.29, 0.717) is 10.8 Å². The van der Waals surface area contributed by atoms with E-state index < -0.39 is 0 Å². The fourth-order valence-corrected chi connectivity index (χ4v) is 1.72. The molecule has 0 saturated heterocycles. The van der Waals surface area contributed by atoms with Gasteiger partial charge >= 0.3 is 0 Å². The van der Waals surface area contributed by atoms with Gasteiger partial charge in [-0.25, -0.2) is 0 Å². The molecule has 1 aromatic carbocycles. The fraction of sp³-hybridized carbons (Fsp3) is 0.500. The predicted octanol–water partition coefficient (Wildman–Crippen LogP) is 2.61. The van der Waals surface area contributed by atoms with Crippen LogP contribution in [0.5, 0.6) is 5.75 Å². The molecule has 1 unspecified atom stereocenters. The van der Waals surface area contributed by atoms with Gasteiger partial charge in [-0.2, -0.15) is 0 Å². The molecule has 0 aliphatic carbocycles. The van der Waals surface area contributed by atoms with Crippen molar-refractivity contribution in [2.24, 2.45) is 5.73 Å². The molecule has 0 fully saturated rings. The van der Waals surface area contributed by atoms with Crippen LogP contribution in [0, 0.1) is 0 Å². The van der Waals surface area contributed by atoms with Crippen molar-refractivity contribution < 1.29 is 9.53 Å². The van der Waals surface area contributed by atoms with E-state index in [-0.39, 0.29) is 24.6 Å². The number of rotatable bonds is 5. The molecule has 4 nitrogen and oxygen atoms in total. The lowest BCUT2D eigenvalue weighted by atomic mass is 10.1. The maximum atomic E-state index is 11.8. The van der Waals surface area contributed by atoms with Crippen molar-refractivity contribution in [3.05, 3.63) is 28.8 Å². The van der Waals surface area contributed by atoms with Crippen molar-refractivity contribution in [1.29, 1.82) is 0 Å². The number of halogens is 1. The second-order valence-electron chi connectivity index (χ2n) is 4.86. The lowest BCUT2D eigenvalue weighted by molar-refractivity contribution is -0.133. The summed E-state index contributed by atoms with van der Waals surface area (Å²) in [4.78, 5) is 13.5. The van der Waals surface area contributed by atoms with Crippen molar-refractivity contribution >= 4 is 17.5 Å². The first-order valence-electron chi connectivity index (χ1n) is 6.26. The van der Waals surface area contributed by atoms with Crippen LogP contribution in [0.3, 0.4) is 0 Å². The number of hydrogen-bond acceptors (Lipinski definition) is 3. The van der Waals surface area contributed by atoms with Gasteiger partial charge in [0.15, 0.2) is 6.61 Å². The van der Waals surface area contributed by atoms with Crippen LogP contribution in [-0.4, -0.2) is 30.5 Å². The number of amides is 1. The lowest BCUT2D eigenvalue weighted by Gasteiger charge is -2.22. The van der Waals surface area contributed by atoms with E-state index in [1.807, 2.05) is 20.8 Å². The molecule has 0 aliphatic heterocycles. The van der Waals surface area contributed by atoms with Crippen molar-refractivity contribution in [2.75, 3.05) is 13.7 Å². The Morgan fingerprint density at radius 2 is 2.05 bits per heavy atom. The molecule has 106 valence electrons. The molecule has 0 radical (unpaired) electrons. The minimum Gasteiger partial charge on any atom is -0.483 e. The SMILES string of the molecule is CC(N)c1cc(Cl)ccc1OCC(=O)N(C)C(C)C. The number of nitrogens with two attached hydrogens (primary N) is 1. The Kier molecular flexibility index (Phi) is 5.63. The maximum absolute atomic E-state index is 11.8. The normalized spacial score (nSPS) is 12.4. The number of nitrogens with zero attached hydrogens (tertiary/aromatic N) is 1. The third-order valence-corrected chi connectivity index (χ3v) is 3.22. The summed E-state index contributed by atoms with van der Waals surface area (Å²) in [5.41, 5.74) is 6.66. The van der Waals surface area contributed by atoms with Gasteiger partial charge in [-0.05, 0) is 39.0 Å². The van der Waals surface area contributed by atoms with E-state index in [0.717, 1.165) is 5.56 Å². The third-order valence-electron chi connectivity index (χ3n) is 2.98. The van der Waals surface area contributed by atoms with Gasteiger partial charge in [0.05, 0.1) is 0 Å². The molecule has 1 amide bonds. The minimum atomic E-state index is -0.202. The first-order valence-corrected chi connectivity index (χ1v) is 6.64. The number of benzene rings is 1. The van der Waals surface area contributed by atoms with Crippen LogP contribution in [0.1, 0.15) is 32.4 Å². The Bertz CT molecular complexity index is 447. The van der Waals surface area contributed by atoms with Crippen LogP contribution >= 0.6 is 11.6 Å². The molecule has 1 atom stereocenters. The zero-order valence-corrected chi connectivity index (χ0v) is 12.6. The molecule has 19 heavy (non-hydrogen) atoms. The Morgan fingerprint density at radius 1 is 1.42 bits per heavy atom. The predicted molar refractivity (Wildman–Crippen MR) is 77.5 cm³/mol. The molecule has 0 bridgehead atoms. The summed E-state index contributed by atoms with van der Waals surface area (Å²) in [6.07, 6.45) is 0. The molecule has 0 spiro atoms. The minimum absolute atomic E-state index is 0.00394. The van der Waals surface area contributed by atoms with Crippen LogP contribution in [0.25, 0.3) is 0 Å². The van der Waals surface area contributed by atoms with Crippen LogP contribution in [0.15, 0.2) is 18.2 Å². The van der Waals surface area contributed by atoms with Gasteiger partial charge in [0.2, 0.25) is 0 Å². The lowest BCUT2D eigenvalue weighted by Crippen LogP contribution is -2.36. The second kappa shape index (κ2) is 6.78. The van der Waals surface area contributed by atoms with Gasteiger partial charge in [0.25, 0.3) is 5.91 Å². The summed E-state index contributed by atoms with van der Waals surface area (Å²) >= 11 is 5.93. The van der Waals surface area contributed by atoms with Crippen molar-refractivity contribution in [3.63, 3.8) is 0 Å². The molecule has 1 rings (SSSR count). The first kappa shape index (κ1) is 15.8. The molecular formula is C14H21ClN2O2. The van der Waals surface area contributed by atoms with Crippen molar-refractivity contribution in [3.8, 4) is 5.75 Å². The molecule has 0 aromatic heterocycles. The summed E-state index contributed by atoms with van der Waals surface area (Å²) < 4.78 is 5.56. The largest absolute Gasteiger partial charge is 0.483 e. The third kappa shape index (κ3) is 4.40. The highest BCUT2D eigenvalue weighted by Gasteiger charge is 2.14. The van der Waals surface area contributed by atoms with E-state index >= 15 is 0 Å². The highest BCUT2D eigenvalue weighted by molar-refractivity contribution is 6.30. The average molecular weight is 285 g/mol. The Morgan fingerprint density at radius 3 is 2.58 bits per heavy atom. The molecular weight excluding hydrogens is 264 g/mol. The monoisotopic (exact) mass is 284 g/mol. The summed E-state index contributed by atoms with van der Waals surface area (Å²) in [6.45, 7) is 5.75. The number of ether oxygens (including phenoxy) is 1. The molecule has 0 aliphatic rings. The van der Waals surface area contributed by atoms with Crippen LogP contribution < -0.4 is 10.5 Å². The second-order valence-corrected chi connectivity index (χ2v) is 5.29. The van der Waals surface area contributed by atoms with Gasteiger partial charge in [-0.15, -0.1) is 0 Å². The molecule has 0 heterocycles. The zero-order valence-electron chi connectivity index (χ0n) is 11.8. The van der Waals surface area contributed by atoms with Gasteiger partial charge in [0.1, 0.15) is 5.75 Å². The van der Waals surface area contributed by atoms with Gasteiger partial charge < -0.3 is 15.4 Å². The smallest absolute Gasteiger partial charge is 0.260 e. The zero-order chi connectivity index (χ0) is 14.6. The van der Waals surface area contributed by atoms with Crippen LogP contribution in [0.4, 0.5) is 0 Å². The first-order chi connectivity index (χ1) is 8.82. The number of likely N-dealkylation sites (N-methyl/N-ethyl adjacent to an activating group) is 1. The summed E-state index contributed by atoms with van der Waals surface area (Å²) in [5.74, 6) is 0.533. The number of hydrogen-bond donors (Lipinski definition) is 1. The van der Waals surface area contributed by atoms with Crippen molar-refractivity contribution in [2.45, 2.75) is 32.9 Å². The highest BCUT2D eigenvalue weighted by atomic mass is 35.5. The topological polar surface area (TPSA) is 55.6 Å². The summed E-state index contributed by atoms with van der Waals surface area (Å²) in [5, 5.41) is 0.602. The van der Waals surface area contributed by atoms with E-state index in [9.17, 15) is 4.79 Å². The Hall–Kier alpha value is -1.26. The number of carbonyl (C=O) groups is 1. The van der Waals surface area contributed by atoms with Gasteiger partial charge in [0, 0.05) is 29.7 Å². The van der Waals surface area contributed by atoms with Crippen molar-refractivity contribution in [1.82, 2.24) is 4.90 Å². The van der Waals surface area contributed by atoms with Gasteiger partial charge in [-0.3, -0.25) is 4.79 Å². The quantitative estimate of drug-likeness (QED) is 0.904. The fourth-order valence-electron chi connectivity index (χ4n) is 1.54. The standard InChI is InChI=1S/C14H21ClN2O2/c1-9(2)17(4)14(18)8-19-13-6-5-11(15)7-12(13)10(3)16/h5-7,9-10H,8,16H2,1-4H3. The van der Waals surface area contributed by atoms with E-state index in [1.54, 1.807) is 30.1 Å². The van der Waals surface area contributed by atoms with Crippen LogP contribution in [0.2, 0.25) is 5.02 Å². The molecule has 0 saturated carbocycles. The molecule has 1 aromatic rings. The van der Waals surface area contributed by atoms with Crippen LogP contribution in [-0.2, 0) is 4.79 Å². The Balaban J connectivity index is 2.75. The maximum Gasteiger partial charge on any atom is 0.260 e. The highest BCUT2D eigenvalue weighted by Crippen LogP contribution is 2.27. The summed E-state index contributed by atoms with van der Waals surface area (Å²) in [6, 6.07) is 5.17. The Labute approximate surface area is 119 Å². The molecule has 2 N–H and O–H groups in total. The summed E-state index contributed by atoms with van der Waals surface area (Å²) in [7, 11) is 1.75. The molecule has 5 heteroatoms. The van der Waals surface area contributed by atoms with Gasteiger partial charge in [-0.1, -0.05) is 11.6 Å². The average Bonchev–Trinajstić information content (AvgIpc) is 2.35. The van der Waals surface area contributed by atoms with E-state index in [4.69, 9.17) is 22.1 Å². The number of carbonyl (C=O) groups excluding carboxylic acids is 1. The van der Waals surface area contributed by atoms with E-state index in [2.05, 4.69) is 0 Å².